The van der Waals surface area contributed by atoms with Gasteiger partial charge in [0.25, 0.3) is 0 Å². The van der Waals surface area contributed by atoms with Crippen molar-refractivity contribution in [2.75, 3.05) is 18.6 Å². The predicted molar refractivity (Wildman–Crippen MR) is 142 cm³/mol. The van der Waals surface area contributed by atoms with Gasteiger partial charge in [0.1, 0.15) is 28.9 Å². The lowest BCUT2D eigenvalue weighted by molar-refractivity contribution is 0.101. The number of aromatic nitrogens is 2. The van der Waals surface area contributed by atoms with Crippen LogP contribution in [-0.4, -0.2) is 37.0 Å². The Kier molecular flexibility index (Phi) is 7.45. The number of carbonyl (C=O) groups excluding carboxylic acids is 1. The predicted octanol–water partition coefficient (Wildman–Crippen LogP) is 5.25. The van der Waals surface area contributed by atoms with Gasteiger partial charge >= 0.3 is 0 Å². The molecule has 0 aliphatic heterocycles. The van der Waals surface area contributed by atoms with Crippen molar-refractivity contribution in [3.63, 3.8) is 0 Å². The Morgan fingerprint density at radius 3 is 2.32 bits per heavy atom. The number of hydrogen-bond donors (Lipinski definition) is 1. The van der Waals surface area contributed by atoms with Gasteiger partial charge in [0.2, 0.25) is 15.7 Å². The minimum Gasteiger partial charge on any atom is -0.497 e. The van der Waals surface area contributed by atoms with Crippen LogP contribution >= 0.6 is 0 Å². The van der Waals surface area contributed by atoms with Gasteiger partial charge in [0.15, 0.2) is 10.8 Å². The zero-order valence-electron chi connectivity index (χ0n) is 21.3. The number of hydrogen-bond acceptors (Lipinski definition) is 8. The Morgan fingerprint density at radius 2 is 1.68 bits per heavy atom. The number of methoxy groups -OCH3 is 1. The molecule has 0 fully saturated rings. The molecule has 0 unspecified atom stereocenters. The second kappa shape index (κ2) is 10.6. The highest BCUT2D eigenvalue weighted by Crippen LogP contribution is 2.34. The molecule has 0 amide bonds. The van der Waals surface area contributed by atoms with E-state index in [0.717, 1.165) is 16.7 Å². The fourth-order valence-corrected chi connectivity index (χ4v) is 5.24. The summed E-state index contributed by atoms with van der Waals surface area (Å²) in [5, 5.41) is -0.316. The van der Waals surface area contributed by atoms with Crippen molar-refractivity contribution in [3.05, 3.63) is 88.7 Å². The first-order valence-corrected chi connectivity index (χ1v) is 13.2. The average Bonchev–Trinajstić information content (AvgIpc) is 2.85. The van der Waals surface area contributed by atoms with Crippen LogP contribution in [0.5, 0.6) is 17.4 Å². The molecule has 196 valence electrons. The lowest BCUT2D eigenvalue weighted by atomic mass is 10.1. The third-order valence-electron chi connectivity index (χ3n) is 5.80. The van der Waals surface area contributed by atoms with Crippen LogP contribution in [0.3, 0.4) is 0 Å². The van der Waals surface area contributed by atoms with Crippen LogP contribution in [0.1, 0.15) is 27.0 Å². The summed E-state index contributed by atoms with van der Waals surface area (Å²) < 4.78 is 51.9. The van der Waals surface area contributed by atoms with E-state index in [9.17, 15) is 17.6 Å². The van der Waals surface area contributed by atoms with Crippen LogP contribution in [0.2, 0.25) is 0 Å². The van der Waals surface area contributed by atoms with Gasteiger partial charge in [-0.15, -0.1) is 0 Å². The summed E-state index contributed by atoms with van der Waals surface area (Å²) in [6.07, 6.45) is 0. The summed E-state index contributed by atoms with van der Waals surface area (Å²) in [6.45, 7) is 5.64. The third-order valence-corrected chi connectivity index (χ3v) is 7.31. The zero-order valence-corrected chi connectivity index (χ0v) is 22.1. The van der Waals surface area contributed by atoms with E-state index in [4.69, 9.17) is 15.2 Å². The number of rotatable bonds is 8. The van der Waals surface area contributed by atoms with Gasteiger partial charge in [-0.1, -0.05) is 23.8 Å². The maximum absolute atomic E-state index is 14.8. The normalized spacial score (nSPS) is 11.3. The molecule has 2 aromatic heterocycles. The van der Waals surface area contributed by atoms with Gasteiger partial charge in [-0.3, -0.25) is 4.79 Å². The van der Waals surface area contributed by atoms with Crippen molar-refractivity contribution < 1.29 is 27.1 Å². The number of Topliss-reactive ketones (excluding diaryl/α,β-unsaturated/α-hetero) is 1. The first-order valence-electron chi connectivity index (χ1n) is 11.6. The number of ketones is 1. The number of halogens is 1. The van der Waals surface area contributed by atoms with Crippen molar-refractivity contribution in [3.8, 4) is 28.6 Å². The van der Waals surface area contributed by atoms with Crippen molar-refractivity contribution in [2.24, 2.45) is 0 Å². The van der Waals surface area contributed by atoms with Gasteiger partial charge in [-0.05, 0) is 68.3 Å². The molecule has 2 aromatic carbocycles. The molecular formula is C28H26FN3O5S. The molecule has 0 bridgehead atoms. The number of benzene rings is 2. The van der Waals surface area contributed by atoms with E-state index in [-0.39, 0.29) is 33.5 Å². The SMILES string of the molecule is COc1ccc(-c2ccc(C(=O)CS(=O)(=O)c3cccc(N)n3)c(Oc3c(C)cc(C)cc3C)n2)c(F)c1. The molecule has 38 heavy (non-hydrogen) atoms. The Balaban J connectivity index is 1.80. The zero-order chi connectivity index (χ0) is 27.6. The Labute approximate surface area is 220 Å². The highest BCUT2D eigenvalue weighted by molar-refractivity contribution is 7.92. The third kappa shape index (κ3) is 5.65. The molecule has 0 atom stereocenters. The topological polar surface area (TPSA) is 121 Å². The van der Waals surface area contributed by atoms with Crippen LogP contribution in [0.4, 0.5) is 10.2 Å². The second-order valence-corrected chi connectivity index (χ2v) is 10.7. The Hall–Kier alpha value is -4.31. The van der Waals surface area contributed by atoms with E-state index in [2.05, 4.69) is 9.97 Å². The second-order valence-electron chi connectivity index (χ2n) is 8.81. The maximum Gasteiger partial charge on any atom is 0.230 e. The fraction of sp³-hybridized carbons (Fsp3) is 0.179. The molecule has 0 spiro atoms. The van der Waals surface area contributed by atoms with Crippen LogP contribution in [0.15, 0.2) is 65.7 Å². The standard InChI is InChI=1S/C28H26FN3O5S/c1-16-12-17(2)27(18(3)13-16)37-28-21(24(33)15-38(34,35)26-7-5-6-25(30)32-26)10-11-23(31-28)20-9-8-19(36-4)14-22(20)29/h5-14H,15H2,1-4H3,(H2,30,32). The highest BCUT2D eigenvalue weighted by atomic mass is 32.2. The largest absolute Gasteiger partial charge is 0.497 e. The van der Waals surface area contributed by atoms with E-state index < -0.39 is 27.2 Å². The smallest absolute Gasteiger partial charge is 0.230 e. The molecule has 0 saturated heterocycles. The number of pyridine rings is 2. The van der Waals surface area contributed by atoms with Crippen LogP contribution in [0, 0.1) is 26.6 Å². The summed E-state index contributed by atoms with van der Waals surface area (Å²) >= 11 is 0. The van der Waals surface area contributed by atoms with Crippen molar-refractivity contribution in [1.29, 1.82) is 0 Å². The number of sulfone groups is 1. The minimum absolute atomic E-state index is 0.0143. The van der Waals surface area contributed by atoms with E-state index in [1.807, 2.05) is 32.9 Å². The molecule has 0 aliphatic rings. The first-order chi connectivity index (χ1) is 18.0. The van der Waals surface area contributed by atoms with Gasteiger partial charge in [0, 0.05) is 11.6 Å². The summed E-state index contributed by atoms with van der Waals surface area (Å²) in [5.41, 5.74) is 8.50. The molecule has 10 heteroatoms. The molecule has 4 rings (SSSR count). The van der Waals surface area contributed by atoms with Gasteiger partial charge < -0.3 is 15.2 Å². The van der Waals surface area contributed by atoms with E-state index in [1.165, 1.54) is 49.6 Å². The number of nitrogens with two attached hydrogens (primary N) is 1. The minimum atomic E-state index is -4.12. The molecule has 2 N–H and O–H groups in total. The Morgan fingerprint density at radius 1 is 0.974 bits per heavy atom. The molecular weight excluding hydrogens is 509 g/mol. The van der Waals surface area contributed by atoms with E-state index in [1.54, 1.807) is 6.07 Å². The molecule has 0 saturated carbocycles. The molecule has 0 radical (unpaired) electrons. The fourth-order valence-electron chi connectivity index (χ4n) is 4.06. The van der Waals surface area contributed by atoms with Gasteiger partial charge in [-0.25, -0.2) is 22.8 Å². The molecule has 8 nitrogen and oxygen atoms in total. The van der Waals surface area contributed by atoms with Gasteiger partial charge in [-0.2, -0.15) is 0 Å². The van der Waals surface area contributed by atoms with E-state index in [0.29, 0.717) is 11.5 Å². The number of aryl methyl sites for hydroxylation is 3. The van der Waals surface area contributed by atoms with Crippen molar-refractivity contribution >= 4 is 21.4 Å². The van der Waals surface area contributed by atoms with Crippen LogP contribution < -0.4 is 15.2 Å². The molecule has 4 aromatic rings. The number of anilines is 1. The molecule has 0 aliphatic carbocycles. The number of carbonyl (C=O) groups is 1. The summed E-state index contributed by atoms with van der Waals surface area (Å²) in [5.74, 6) is -1.57. The van der Waals surface area contributed by atoms with Crippen LogP contribution in [-0.2, 0) is 9.84 Å². The maximum atomic E-state index is 14.8. The number of nitrogens with zero attached hydrogens (tertiary/aromatic N) is 2. The first kappa shape index (κ1) is 26.7. The highest BCUT2D eigenvalue weighted by Gasteiger charge is 2.26. The lowest BCUT2D eigenvalue weighted by Gasteiger charge is -2.16. The quantitative estimate of drug-likeness (QED) is 0.304. The van der Waals surface area contributed by atoms with E-state index >= 15 is 0 Å². The molecule has 2 heterocycles. The number of ether oxygens (including phenoxy) is 2. The van der Waals surface area contributed by atoms with Crippen LogP contribution in [0.25, 0.3) is 11.3 Å². The Bertz CT molecular complexity index is 1630. The summed E-state index contributed by atoms with van der Waals surface area (Å²) in [7, 11) is -2.69. The lowest BCUT2D eigenvalue weighted by Crippen LogP contribution is -2.19. The van der Waals surface area contributed by atoms with Crippen molar-refractivity contribution in [2.45, 2.75) is 25.8 Å². The van der Waals surface area contributed by atoms with Crippen molar-refractivity contribution in [1.82, 2.24) is 9.97 Å². The summed E-state index contributed by atoms with van der Waals surface area (Å²) in [4.78, 5) is 21.6. The van der Waals surface area contributed by atoms with Gasteiger partial charge in [0.05, 0.1) is 18.4 Å². The summed E-state index contributed by atoms with van der Waals surface area (Å²) in [6, 6.07) is 15.1. The average molecular weight is 536 g/mol. The monoisotopic (exact) mass is 535 g/mol. The number of nitrogen functional groups attached to an aromatic ring is 1.